The molecule has 1 aliphatic rings. The smallest absolute Gasteiger partial charge is 0.0429 e. The van der Waals surface area contributed by atoms with Crippen LogP contribution in [0.2, 0.25) is 0 Å². The Labute approximate surface area is 99.5 Å². The molecule has 2 N–H and O–H groups in total. The van der Waals surface area contributed by atoms with Gasteiger partial charge in [-0.3, -0.25) is 0 Å². The van der Waals surface area contributed by atoms with Gasteiger partial charge in [-0.25, -0.2) is 0 Å². The highest BCUT2D eigenvalue weighted by Crippen LogP contribution is 2.36. The molecule has 0 aromatic heterocycles. The molecule has 0 atom stereocenters. The van der Waals surface area contributed by atoms with E-state index in [2.05, 4.69) is 46.5 Å². The number of hydrogen-bond donors (Lipinski definition) is 2. The summed E-state index contributed by atoms with van der Waals surface area (Å²) in [5, 5.41) is 15.1. The van der Waals surface area contributed by atoms with E-state index in [0.717, 1.165) is 25.0 Å². The van der Waals surface area contributed by atoms with Crippen molar-refractivity contribution in [2.45, 2.75) is 71.0 Å². The molecule has 94 valence electrons. The van der Waals surface area contributed by atoms with Gasteiger partial charge in [0.05, 0.1) is 0 Å². The first-order valence-electron chi connectivity index (χ1n) is 6.12. The first kappa shape index (κ1) is 13.5. The maximum atomic E-state index is 10.2. The van der Waals surface area contributed by atoms with Crippen LogP contribution in [0.15, 0.2) is 12.3 Å². The Morgan fingerprint density at radius 2 is 1.75 bits per heavy atom. The molecular formula is C13H26N2O. The fourth-order valence-corrected chi connectivity index (χ4v) is 2.76. The van der Waals surface area contributed by atoms with E-state index in [4.69, 9.17) is 0 Å². The average molecular weight is 226 g/mol. The highest BCUT2D eigenvalue weighted by molar-refractivity contribution is 5.02. The summed E-state index contributed by atoms with van der Waals surface area (Å²) < 4.78 is 0. The van der Waals surface area contributed by atoms with Crippen molar-refractivity contribution < 1.29 is 5.21 Å². The number of hydrogen-bond acceptors (Lipinski definition) is 3. The lowest BCUT2D eigenvalue weighted by Gasteiger charge is -2.51. The lowest BCUT2D eigenvalue weighted by molar-refractivity contribution is -0.245. The standard InChI is InChI=1S/C13H26N2O/c1-7-10(2)14-11-8-12(3,4)15(16)13(5,6)9-11/h11,14,16H,2,7-9H2,1,3-6H3. The van der Waals surface area contributed by atoms with E-state index in [1.165, 1.54) is 5.06 Å². The second-order valence-electron chi connectivity index (χ2n) is 6.14. The van der Waals surface area contributed by atoms with Crippen LogP contribution in [-0.2, 0) is 0 Å². The van der Waals surface area contributed by atoms with E-state index in [1.807, 2.05) is 0 Å². The molecule has 3 nitrogen and oxygen atoms in total. The molecule has 1 aliphatic heterocycles. The van der Waals surface area contributed by atoms with Crippen molar-refractivity contribution in [1.29, 1.82) is 0 Å². The van der Waals surface area contributed by atoms with Crippen molar-refractivity contribution >= 4 is 0 Å². The van der Waals surface area contributed by atoms with E-state index in [0.29, 0.717) is 6.04 Å². The van der Waals surface area contributed by atoms with Gasteiger partial charge in [0.1, 0.15) is 0 Å². The van der Waals surface area contributed by atoms with E-state index in [1.54, 1.807) is 0 Å². The molecule has 3 heteroatoms. The SMILES string of the molecule is C=C(CC)NC1CC(C)(C)N(O)C(C)(C)C1. The van der Waals surface area contributed by atoms with Gasteiger partial charge >= 0.3 is 0 Å². The molecule has 0 aromatic carbocycles. The average Bonchev–Trinajstić information content (AvgIpc) is 2.13. The lowest BCUT2D eigenvalue weighted by atomic mass is 9.79. The molecule has 0 radical (unpaired) electrons. The van der Waals surface area contributed by atoms with Crippen LogP contribution < -0.4 is 5.32 Å². The maximum absolute atomic E-state index is 10.2. The Hall–Kier alpha value is -0.540. The van der Waals surface area contributed by atoms with E-state index >= 15 is 0 Å². The van der Waals surface area contributed by atoms with Crippen LogP contribution in [0.25, 0.3) is 0 Å². The minimum absolute atomic E-state index is 0.187. The second kappa shape index (κ2) is 4.38. The topological polar surface area (TPSA) is 35.5 Å². The largest absolute Gasteiger partial charge is 0.386 e. The normalized spacial score (nSPS) is 25.4. The number of allylic oxidation sites excluding steroid dienone is 1. The molecule has 0 amide bonds. The van der Waals surface area contributed by atoms with E-state index < -0.39 is 0 Å². The van der Waals surface area contributed by atoms with Crippen LogP contribution in [0.5, 0.6) is 0 Å². The third-order valence-electron chi connectivity index (χ3n) is 3.47. The lowest BCUT2D eigenvalue weighted by Crippen LogP contribution is -2.62. The van der Waals surface area contributed by atoms with Gasteiger partial charge in [-0.15, -0.1) is 0 Å². The molecule has 1 rings (SSSR count). The zero-order valence-electron chi connectivity index (χ0n) is 11.3. The zero-order valence-corrected chi connectivity index (χ0v) is 11.3. The maximum Gasteiger partial charge on any atom is 0.0429 e. The second-order valence-corrected chi connectivity index (χ2v) is 6.14. The summed E-state index contributed by atoms with van der Waals surface area (Å²) in [6.45, 7) is 14.4. The van der Waals surface area contributed by atoms with Gasteiger partial charge in [0.15, 0.2) is 0 Å². The molecular weight excluding hydrogens is 200 g/mol. The Morgan fingerprint density at radius 1 is 1.31 bits per heavy atom. The van der Waals surface area contributed by atoms with Crippen molar-refractivity contribution in [3.63, 3.8) is 0 Å². The summed E-state index contributed by atoms with van der Waals surface area (Å²) in [4.78, 5) is 0. The molecule has 0 aromatic rings. The fraction of sp³-hybridized carbons (Fsp3) is 0.846. The quantitative estimate of drug-likeness (QED) is 0.776. The number of nitrogens with one attached hydrogen (secondary N) is 1. The summed E-state index contributed by atoms with van der Waals surface area (Å²) in [6.07, 6.45) is 2.83. The van der Waals surface area contributed by atoms with Crippen molar-refractivity contribution in [2.24, 2.45) is 0 Å². The highest BCUT2D eigenvalue weighted by Gasteiger charge is 2.44. The Kier molecular flexibility index (Phi) is 3.70. The van der Waals surface area contributed by atoms with Crippen molar-refractivity contribution in [1.82, 2.24) is 10.4 Å². The molecule has 16 heavy (non-hydrogen) atoms. The van der Waals surface area contributed by atoms with Crippen LogP contribution in [0, 0.1) is 0 Å². The molecule has 0 saturated carbocycles. The zero-order chi connectivity index (χ0) is 12.6. The summed E-state index contributed by atoms with van der Waals surface area (Å²) in [5.41, 5.74) is 0.712. The van der Waals surface area contributed by atoms with Crippen LogP contribution in [0.4, 0.5) is 0 Å². The van der Waals surface area contributed by atoms with Gasteiger partial charge < -0.3 is 10.5 Å². The number of nitrogens with zero attached hydrogens (tertiary/aromatic N) is 1. The monoisotopic (exact) mass is 226 g/mol. The number of rotatable bonds is 3. The van der Waals surface area contributed by atoms with Crippen molar-refractivity contribution in [3.05, 3.63) is 12.3 Å². The Balaban J connectivity index is 2.75. The van der Waals surface area contributed by atoms with Gasteiger partial charge in [0, 0.05) is 22.8 Å². The third kappa shape index (κ3) is 2.77. The molecule has 0 unspecified atom stereocenters. The van der Waals surface area contributed by atoms with Gasteiger partial charge in [0.2, 0.25) is 0 Å². The van der Waals surface area contributed by atoms with Crippen molar-refractivity contribution in [3.8, 4) is 0 Å². The molecule has 0 spiro atoms. The van der Waals surface area contributed by atoms with Gasteiger partial charge in [-0.1, -0.05) is 13.5 Å². The van der Waals surface area contributed by atoms with Gasteiger partial charge in [-0.05, 0) is 47.0 Å². The number of piperidine rings is 1. The van der Waals surface area contributed by atoms with Crippen LogP contribution in [-0.4, -0.2) is 27.4 Å². The summed E-state index contributed by atoms with van der Waals surface area (Å²) in [7, 11) is 0. The summed E-state index contributed by atoms with van der Waals surface area (Å²) >= 11 is 0. The Bertz CT molecular complexity index is 253. The third-order valence-corrected chi connectivity index (χ3v) is 3.47. The minimum Gasteiger partial charge on any atom is -0.386 e. The first-order valence-corrected chi connectivity index (χ1v) is 6.12. The first-order chi connectivity index (χ1) is 7.19. The molecule has 1 heterocycles. The molecule has 0 aliphatic carbocycles. The molecule has 1 fully saturated rings. The minimum atomic E-state index is -0.187. The van der Waals surface area contributed by atoms with Crippen molar-refractivity contribution in [2.75, 3.05) is 0 Å². The predicted molar refractivity (Wildman–Crippen MR) is 67.4 cm³/mol. The Morgan fingerprint density at radius 3 is 2.12 bits per heavy atom. The molecule has 1 saturated heterocycles. The summed E-state index contributed by atoms with van der Waals surface area (Å²) in [5.74, 6) is 0. The van der Waals surface area contributed by atoms with Crippen LogP contribution >= 0.6 is 0 Å². The number of hydroxylamine groups is 2. The van der Waals surface area contributed by atoms with Gasteiger partial charge in [-0.2, -0.15) is 5.06 Å². The van der Waals surface area contributed by atoms with Crippen LogP contribution in [0.1, 0.15) is 53.9 Å². The summed E-state index contributed by atoms with van der Waals surface area (Å²) in [6, 6.07) is 0.404. The highest BCUT2D eigenvalue weighted by atomic mass is 16.5. The predicted octanol–water partition coefficient (Wildman–Crippen LogP) is 2.91. The fourth-order valence-electron chi connectivity index (χ4n) is 2.76. The van der Waals surface area contributed by atoms with Gasteiger partial charge in [0.25, 0.3) is 0 Å². The van der Waals surface area contributed by atoms with Crippen LogP contribution in [0.3, 0.4) is 0 Å². The van der Waals surface area contributed by atoms with E-state index in [9.17, 15) is 5.21 Å². The molecule has 0 bridgehead atoms. The van der Waals surface area contributed by atoms with E-state index in [-0.39, 0.29) is 11.1 Å².